The molecular formula is C21H25NO2. The van der Waals surface area contributed by atoms with Gasteiger partial charge in [0, 0.05) is 0 Å². The van der Waals surface area contributed by atoms with Crippen molar-refractivity contribution in [3.63, 3.8) is 0 Å². The SMILES string of the molecule is COc1ccccc1NC(=O)C1(c2ccc(C(C)(C)C)cc2)CC1. The minimum atomic E-state index is -0.392. The Hall–Kier alpha value is -2.29. The van der Waals surface area contributed by atoms with Gasteiger partial charge in [-0.1, -0.05) is 57.2 Å². The van der Waals surface area contributed by atoms with Crippen molar-refractivity contribution >= 4 is 11.6 Å². The number of carbonyl (C=O) groups is 1. The number of carbonyl (C=O) groups excluding carboxylic acids is 1. The van der Waals surface area contributed by atoms with Crippen LogP contribution in [0.4, 0.5) is 5.69 Å². The van der Waals surface area contributed by atoms with Gasteiger partial charge >= 0.3 is 0 Å². The highest BCUT2D eigenvalue weighted by Crippen LogP contribution is 2.49. The third-order valence-electron chi connectivity index (χ3n) is 4.84. The van der Waals surface area contributed by atoms with Gasteiger partial charge in [0.15, 0.2) is 0 Å². The summed E-state index contributed by atoms with van der Waals surface area (Å²) in [6, 6.07) is 16.0. The first kappa shape index (κ1) is 16.6. The van der Waals surface area contributed by atoms with Crippen LogP contribution >= 0.6 is 0 Å². The standard InChI is InChI=1S/C21H25NO2/c1-20(2,3)15-9-11-16(12-10-15)21(13-14-21)19(23)22-17-7-5-6-8-18(17)24-4/h5-12H,13-14H2,1-4H3,(H,22,23). The van der Waals surface area contributed by atoms with Crippen LogP contribution < -0.4 is 10.1 Å². The minimum absolute atomic E-state index is 0.0514. The smallest absolute Gasteiger partial charge is 0.235 e. The van der Waals surface area contributed by atoms with E-state index in [4.69, 9.17) is 4.74 Å². The van der Waals surface area contributed by atoms with E-state index in [2.05, 4.69) is 50.4 Å². The first-order valence-electron chi connectivity index (χ1n) is 8.42. The minimum Gasteiger partial charge on any atom is -0.495 e. The van der Waals surface area contributed by atoms with Crippen molar-refractivity contribution in [1.29, 1.82) is 0 Å². The summed E-state index contributed by atoms with van der Waals surface area (Å²) in [7, 11) is 1.61. The maximum Gasteiger partial charge on any atom is 0.235 e. The van der Waals surface area contributed by atoms with Crippen LogP contribution in [0.25, 0.3) is 0 Å². The number of rotatable bonds is 4. The Morgan fingerprint density at radius 1 is 1.04 bits per heavy atom. The van der Waals surface area contributed by atoms with Crippen molar-refractivity contribution in [2.24, 2.45) is 0 Å². The van der Waals surface area contributed by atoms with Crippen molar-refractivity contribution in [2.75, 3.05) is 12.4 Å². The van der Waals surface area contributed by atoms with E-state index in [-0.39, 0.29) is 11.3 Å². The lowest BCUT2D eigenvalue weighted by Crippen LogP contribution is -2.28. The Labute approximate surface area is 144 Å². The summed E-state index contributed by atoms with van der Waals surface area (Å²) < 4.78 is 5.32. The van der Waals surface area contributed by atoms with Gasteiger partial charge in [-0.25, -0.2) is 0 Å². The molecule has 0 spiro atoms. The van der Waals surface area contributed by atoms with E-state index >= 15 is 0 Å². The zero-order valence-corrected chi connectivity index (χ0v) is 14.8. The Morgan fingerprint density at radius 2 is 1.67 bits per heavy atom. The zero-order chi connectivity index (χ0) is 17.4. The Balaban J connectivity index is 1.82. The molecule has 1 aliphatic rings. The molecule has 2 aromatic carbocycles. The van der Waals surface area contributed by atoms with Crippen LogP contribution in [-0.2, 0) is 15.6 Å². The Morgan fingerprint density at radius 3 is 2.21 bits per heavy atom. The third kappa shape index (κ3) is 3.03. The molecule has 0 bridgehead atoms. The normalized spacial score (nSPS) is 15.7. The molecule has 3 nitrogen and oxygen atoms in total. The number of ether oxygens (including phenoxy) is 1. The number of methoxy groups -OCH3 is 1. The molecule has 3 heteroatoms. The lowest BCUT2D eigenvalue weighted by Gasteiger charge is -2.21. The van der Waals surface area contributed by atoms with Gasteiger partial charge in [0.05, 0.1) is 18.2 Å². The molecular weight excluding hydrogens is 298 g/mol. The molecule has 1 aliphatic carbocycles. The number of nitrogens with one attached hydrogen (secondary N) is 1. The molecule has 0 radical (unpaired) electrons. The number of anilines is 1. The second-order valence-electron chi connectivity index (χ2n) is 7.56. The molecule has 0 aromatic heterocycles. The van der Waals surface area contributed by atoms with E-state index in [1.54, 1.807) is 7.11 Å². The fourth-order valence-electron chi connectivity index (χ4n) is 3.05. The molecule has 1 saturated carbocycles. The largest absolute Gasteiger partial charge is 0.495 e. The van der Waals surface area contributed by atoms with E-state index in [9.17, 15) is 4.79 Å². The predicted molar refractivity (Wildman–Crippen MR) is 97.7 cm³/mol. The van der Waals surface area contributed by atoms with Crippen molar-refractivity contribution in [3.05, 3.63) is 59.7 Å². The lowest BCUT2D eigenvalue weighted by molar-refractivity contribution is -0.118. The predicted octanol–water partition coefficient (Wildman–Crippen LogP) is 4.66. The van der Waals surface area contributed by atoms with Crippen LogP contribution in [0.1, 0.15) is 44.7 Å². The summed E-state index contributed by atoms with van der Waals surface area (Å²) in [6.45, 7) is 6.59. The second-order valence-corrected chi connectivity index (χ2v) is 7.56. The van der Waals surface area contributed by atoms with Gasteiger partial charge in [-0.2, -0.15) is 0 Å². The van der Waals surface area contributed by atoms with Crippen LogP contribution in [0.5, 0.6) is 5.75 Å². The molecule has 0 unspecified atom stereocenters. The maximum absolute atomic E-state index is 12.9. The summed E-state index contributed by atoms with van der Waals surface area (Å²) in [5.41, 5.74) is 2.84. The summed E-state index contributed by atoms with van der Waals surface area (Å²) in [5.74, 6) is 0.736. The van der Waals surface area contributed by atoms with Crippen molar-refractivity contribution in [1.82, 2.24) is 0 Å². The van der Waals surface area contributed by atoms with E-state index in [1.807, 2.05) is 24.3 Å². The summed E-state index contributed by atoms with van der Waals surface area (Å²) in [4.78, 5) is 12.9. The number of amides is 1. The highest BCUT2D eigenvalue weighted by molar-refractivity contribution is 6.02. The fourth-order valence-corrected chi connectivity index (χ4v) is 3.05. The summed E-state index contributed by atoms with van der Waals surface area (Å²) in [6.07, 6.45) is 1.78. The topological polar surface area (TPSA) is 38.3 Å². The molecule has 0 atom stereocenters. The lowest BCUT2D eigenvalue weighted by atomic mass is 9.85. The Bertz CT molecular complexity index is 737. The van der Waals surface area contributed by atoms with E-state index in [0.29, 0.717) is 5.75 Å². The van der Waals surface area contributed by atoms with Crippen LogP contribution in [0.15, 0.2) is 48.5 Å². The summed E-state index contributed by atoms with van der Waals surface area (Å²) >= 11 is 0. The molecule has 1 fully saturated rings. The monoisotopic (exact) mass is 323 g/mol. The maximum atomic E-state index is 12.9. The highest BCUT2D eigenvalue weighted by atomic mass is 16.5. The molecule has 0 saturated heterocycles. The van der Waals surface area contributed by atoms with Gasteiger partial charge < -0.3 is 10.1 Å². The Kier molecular flexibility index (Phi) is 4.12. The highest BCUT2D eigenvalue weighted by Gasteiger charge is 2.51. The van der Waals surface area contributed by atoms with Crippen molar-refractivity contribution in [3.8, 4) is 5.75 Å². The van der Waals surface area contributed by atoms with Gasteiger partial charge in [0.1, 0.15) is 5.75 Å². The third-order valence-corrected chi connectivity index (χ3v) is 4.84. The van der Waals surface area contributed by atoms with Crippen LogP contribution in [0.2, 0.25) is 0 Å². The number of hydrogen-bond acceptors (Lipinski definition) is 2. The quantitative estimate of drug-likeness (QED) is 0.888. The summed E-state index contributed by atoms with van der Waals surface area (Å²) in [5, 5.41) is 3.04. The molecule has 126 valence electrons. The molecule has 1 N–H and O–H groups in total. The number of benzene rings is 2. The average Bonchev–Trinajstić information content (AvgIpc) is 3.36. The van der Waals surface area contributed by atoms with Crippen LogP contribution in [0.3, 0.4) is 0 Å². The van der Waals surface area contributed by atoms with Gasteiger partial charge in [-0.15, -0.1) is 0 Å². The number of hydrogen-bond donors (Lipinski definition) is 1. The fraction of sp³-hybridized carbons (Fsp3) is 0.381. The van der Waals surface area contributed by atoms with E-state index < -0.39 is 5.41 Å². The van der Waals surface area contributed by atoms with Gasteiger partial charge in [-0.05, 0) is 41.5 Å². The second kappa shape index (κ2) is 5.97. The molecule has 0 aliphatic heterocycles. The molecule has 2 aromatic rings. The van der Waals surface area contributed by atoms with E-state index in [1.165, 1.54) is 5.56 Å². The van der Waals surface area contributed by atoms with Gasteiger partial charge in [-0.3, -0.25) is 4.79 Å². The van der Waals surface area contributed by atoms with Crippen molar-refractivity contribution in [2.45, 2.75) is 44.4 Å². The first-order chi connectivity index (χ1) is 11.4. The zero-order valence-electron chi connectivity index (χ0n) is 14.8. The number of para-hydroxylation sites is 2. The van der Waals surface area contributed by atoms with Crippen LogP contribution in [-0.4, -0.2) is 13.0 Å². The molecule has 1 amide bonds. The van der Waals surface area contributed by atoms with Crippen molar-refractivity contribution < 1.29 is 9.53 Å². The van der Waals surface area contributed by atoms with Gasteiger partial charge in [0.25, 0.3) is 0 Å². The van der Waals surface area contributed by atoms with Gasteiger partial charge in [0.2, 0.25) is 5.91 Å². The first-order valence-corrected chi connectivity index (χ1v) is 8.42. The molecule has 24 heavy (non-hydrogen) atoms. The van der Waals surface area contributed by atoms with E-state index in [0.717, 1.165) is 24.1 Å². The average molecular weight is 323 g/mol. The molecule has 0 heterocycles. The molecule has 3 rings (SSSR count). The van der Waals surface area contributed by atoms with Crippen LogP contribution in [0, 0.1) is 0 Å².